The first kappa shape index (κ1) is 15.7. The lowest BCUT2D eigenvalue weighted by atomic mass is 9.89. The van der Waals surface area contributed by atoms with Crippen LogP contribution in [-0.2, 0) is 6.42 Å². The zero-order chi connectivity index (χ0) is 14.4. The predicted molar refractivity (Wildman–Crippen MR) is 84.2 cm³/mol. The van der Waals surface area contributed by atoms with Gasteiger partial charge in [-0.15, -0.1) is 6.58 Å². The summed E-state index contributed by atoms with van der Waals surface area (Å²) in [5.41, 5.74) is 4.68. The summed E-state index contributed by atoms with van der Waals surface area (Å²) >= 11 is 0. The van der Waals surface area contributed by atoms with E-state index < -0.39 is 6.10 Å². The van der Waals surface area contributed by atoms with Crippen molar-refractivity contribution in [3.63, 3.8) is 0 Å². The van der Waals surface area contributed by atoms with Gasteiger partial charge in [-0.3, -0.25) is 0 Å². The first-order chi connectivity index (χ1) is 9.01. The van der Waals surface area contributed by atoms with Crippen LogP contribution in [0, 0.1) is 12.8 Å². The van der Waals surface area contributed by atoms with Crippen molar-refractivity contribution in [1.29, 1.82) is 0 Å². The van der Waals surface area contributed by atoms with Crippen LogP contribution in [0.5, 0.6) is 0 Å². The molecule has 0 aliphatic rings. The van der Waals surface area contributed by atoms with E-state index >= 15 is 0 Å². The first-order valence-corrected chi connectivity index (χ1v) is 7.05. The van der Waals surface area contributed by atoms with Crippen LogP contribution in [0.1, 0.15) is 55.0 Å². The van der Waals surface area contributed by atoms with Crippen LogP contribution in [-0.4, -0.2) is 5.11 Å². The van der Waals surface area contributed by atoms with Gasteiger partial charge in [0.2, 0.25) is 0 Å². The predicted octanol–water partition coefficient (Wildman–Crippen LogP) is 4.84. The number of hydrogen-bond acceptors (Lipinski definition) is 1. The van der Waals surface area contributed by atoms with Crippen molar-refractivity contribution in [1.82, 2.24) is 0 Å². The Morgan fingerprint density at radius 2 is 1.95 bits per heavy atom. The van der Waals surface area contributed by atoms with Gasteiger partial charge in [0.15, 0.2) is 0 Å². The van der Waals surface area contributed by atoms with E-state index in [4.69, 9.17) is 0 Å². The van der Waals surface area contributed by atoms with Gasteiger partial charge in [0.1, 0.15) is 0 Å². The maximum atomic E-state index is 10.2. The molecule has 0 radical (unpaired) electrons. The van der Waals surface area contributed by atoms with Crippen LogP contribution < -0.4 is 0 Å². The molecule has 104 valence electrons. The molecule has 1 atom stereocenters. The van der Waals surface area contributed by atoms with Gasteiger partial charge in [0.25, 0.3) is 0 Å². The zero-order valence-electron chi connectivity index (χ0n) is 12.4. The Morgan fingerprint density at radius 3 is 2.47 bits per heavy atom. The Kier molecular flexibility index (Phi) is 6.04. The molecule has 1 rings (SSSR count). The average Bonchev–Trinajstić information content (AvgIpc) is 2.36. The summed E-state index contributed by atoms with van der Waals surface area (Å²) in [6.45, 7) is 14.2. The fourth-order valence-corrected chi connectivity index (χ4v) is 2.37. The van der Waals surface area contributed by atoms with Crippen molar-refractivity contribution < 1.29 is 5.11 Å². The molecule has 0 saturated heterocycles. The van der Waals surface area contributed by atoms with Crippen LogP contribution in [0.2, 0.25) is 0 Å². The maximum Gasteiger partial charge on any atom is 0.0830 e. The summed E-state index contributed by atoms with van der Waals surface area (Å²) in [6.07, 6.45) is 5.93. The summed E-state index contributed by atoms with van der Waals surface area (Å²) in [4.78, 5) is 0. The Balaban J connectivity index is 3.16. The van der Waals surface area contributed by atoms with Crippen LogP contribution >= 0.6 is 0 Å². The summed E-state index contributed by atoms with van der Waals surface area (Å²) in [7, 11) is 0. The number of benzene rings is 1. The monoisotopic (exact) mass is 258 g/mol. The molecule has 0 saturated carbocycles. The number of rotatable bonds is 7. The quantitative estimate of drug-likeness (QED) is 0.694. The second kappa shape index (κ2) is 7.30. The average molecular weight is 258 g/mol. The molecule has 0 spiro atoms. The molecule has 0 aliphatic carbocycles. The van der Waals surface area contributed by atoms with Crippen LogP contribution in [0.4, 0.5) is 0 Å². The lowest BCUT2D eigenvalue weighted by molar-refractivity contribution is 0.181. The number of aliphatic hydroxyl groups is 1. The molecular formula is C18H26O. The molecule has 1 N–H and O–H groups in total. The van der Waals surface area contributed by atoms with Gasteiger partial charge < -0.3 is 5.11 Å². The molecule has 1 heteroatoms. The molecule has 1 aromatic carbocycles. The van der Waals surface area contributed by atoms with Gasteiger partial charge in [-0.1, -0.05) is 44.7 Å². The number of aliphatic hydroxyl groups excluding tert-OH is 1. The van der Waals surface area contributed by atoms with E-state index in [-0.39, 0.29) is 0 Å². The molecule has 0 aliphatic heterocycles. The minimum Gasteiger partial charge on any atom is -0.388 e. The van der Waals surface area contributed by atoms with E-state index in [9.17, 15) is 5.11 Å². The SMILES string of the molecule is C=CCC(O)c1ccc(C)c(CCC(C)C)c1C=C. The number of aryl methyl sites for hydroxylation is 1. The normalized spacial score (nSPS) is 12.5. The third kappa shape index (κ3) is 4.07. The molecule has 1 unspecified atom stereocenters. The lowest BCUT2D eigenvalue weighted by Crippen LogP contribution is -2.05. The van der Waals surface area contributed by atoms with Crippen molar-refractivity contribution in [3.05, 3.63) is 53.6 Å². The Hall–Kier alpha value is -1.34. The van der Waals surface area contributed by atoms with E-state index in [1.54, 1.807) is 6.08 Å². The van der Waals surface area contributed by atoms with Crippen molar-refractivity contribution in [3.8, 4) is 0 Å². The van der Waals surface area contributed by atoms with Crippen molar-refractivity contribution in [2.75, 3.05) is 0 Å². The fourth-order valence-electron chi connectivity index (χ4n) is 2.37. The molecule has 0 bridgehead atoms. The van der Waals surface area contributed by atoms with Gasteiger partial charge in [-0.05, 0) is 54.4 Å². The van der Waals surface area contributed by atoms with Gasteiger partial charge in [-0.25, -0.2) is 0 Å². The first-order valence-electron chi connectivity index (χ1n) is 7.05. The minimum absolute atomic E-state index is 0.483. The van der Waals surface area contributed by atoms with Gasteiger partial charge in [0, 0.05) is 0 Å². The molecule has 0 heterocycles. The van der Waals surface area contributed by atoms with E-state index in [0.29, 0.717) is 12.3 Å². The van der Waals surface area contributed by atoms with Crippen LogP contribution in [0.15, 0.2) is 31.4 Å². The molecular weight excluding hydrogens is 232 g/mol. The number of hydrogen-bond donors (Lipinski definition) is 1. The highest BCUT2D eigenvalue weighted by Gasteiger charge is 2.14. The van der Waals surface area contributed by atoms with Crippen molar-refractivity contribution in [2.24, 2.45) is 5.92 Å². The Labute approximate surface area is 117 Å². The summed E-state index contributed by atoms with van der Waals surface area (Å²) in [6, 6.07) is 4.11. The molecule has 1 aromatic rings. The summed E-state index contributed by atoms with van der Waals surface area (Å²) in [5.74, 6) is 0.679. The highest BCUT2D eigenvalue weighted by Crippen LogP contribution is 2.29. The molecule has 1 nitrogen and oxygen atoms in total. The second-order valence-corrected chi connectivity index (χ2v) is 5.54. The molecule has 0 aromatic heterocycles. The minimum atomic E-state index is -0.483. The third-order valence-corrected chi connectivity index (χ3v) is 3.55. The van der Waals surface area contributed by atoms with Gasteiger partial charge >= 0.3 is 0 Å². The summed E-state index contributed by atoms with van der Waals surface area (Å²) in [5, 5.41) is 10.2. The Bertz CT molecular complexity index is 443. The maximum absolute atomic E-state index is 10.2. The van der Waals surface area contributed by atoms with Crippen molar-refractivity contribution >= 4 is 6.08 Å². The van der Waals surface area contributed by atoms with E-state index in [1.807, 2.05) is 12.1 Å². The molecule has 0 amide bonds. The molecule has 19 heavy (non-hydrogen) atoms. The topological polar surface area (TPSA) is 20.2 Å². The summed E-state index contributed by atoms with van der Waals surface area (Å²) < 4.78 is 0. The third-order valence-electron chi connectivity index (χ3n) is 3.55. The standard InChI is InChI=1S/C18H26O/c1-6-8-18(19)17-12-10-14(5)16(15(17)7-2)11-9-13(3)4/h6-7,10,12-13,18-19H,1-2,8-9,11H2,3-5H3. The fraction of sp³-hybridized carbons (Fsp3) is 0.444. The second-order valence-electron chi connectivity index (χ2n) is 5.54. The van der Waals surface area contributed by atoms with Gasteiger partial charge in [-0.2, -0.15) is 0 Å². The van der Waals surface area contributed by atoms with Crippen molar-refractivity contribution in [2.45, 2.75) is 46.1 Å². The highest BCUT2D eigenvalue weighted by atomic mass is 16.3. The van der Waals surface area contributed by atoms with Crippen LogP contribution in [0.25, 0.3) is 6.08 Å². The smallest absolute Gasteiger partial charge is 0.0830 e. The highest BCUT2D eigenvalue weighted by molar-refractivity contribution is 5.59. The molecule has 0 fully saturated rings. The Morgan fingerprint density at radius 1 is 1.26 bits per heavy atom. The largest absolute Gasteiger partial charge is 0.388 e. The van der Waals surface area contributed by atoms with Crippen LogP contribution in [0.3, 0.4) is 0 Å². The van der Waals surface area contributed by atoms with E-state index in [1.165, 1.54) is 11.1 Å². The van der Waals surface area contributed by atoms with E-state index in [0.717, 1.165) is 24.0 Å². The zero-order valence-corrected chi connectivity index (χ0v) is 12.4. The lowest BCUT2D eigenvalue weighted by Gasteiger charge is -2.18. The van der Waals surface area contributed by atoms with E-state index in [2.05, 4.69) is 40.0 Å². The van der Waals surface area contributed by atoms with Gasteiger partial charge in [0.05, 0.1) is 6.10 Å².